The van der Waals surface area contributed by atoms with Crippen molar-refractivity contribution in [3.63, 3.8) is 0 Å². The fourth-order valence-corrected chi connectivity index (χ4v) is 5.13. The number of piperidine rings is 1. The summed E-state index contributed by atoms with van der Waals surface area (Å²) in [5, 5.41) is 16.8. The Bertz CT molecular complexity index is 652. The number of nitrogens with zero attached hydrogens (tertiary/aromatic N) is 2. The lowest BCUT2D eigenvalue weighted by Crippen LogP contribution is -2.52. The van der Waals surface area contributed by atoms with Crippen LogP contribution in [0.5, 0.6) is 0 Å². The Kier molecular flexibility index (Phi) is 7.67. The van der Waals surface area contributed by atoms with E-state index in [0.29, 0.717) is 25.0 Å². The zero-order valence-electron chi connectivity index (χ0n) is 16.7. The molecule has 8 heteroatoms. The molecule has 0 atom stereocenters. The highest BCUT2D eigenvalue weighted by Gasteiger charge is 2.33. The van der Waals surface area contributed by atoms with Crippen LogP contribution in [-0.4, -0.2) is 58.6 Å². The molecule has 3 N–H and O–H groups in total. The number of hydrogen-bond acceptors (Lipinski definition) is 6. The van der Waals surface area contributed by atoms with Crippen LogP contribution in [0.25, 0.3) is 0 Å². The number of carboxylic acids is 1. The van der Waals surface area contributed by atoms with E-state index < -0.39 is 5.97 Å². The second-order valence-corrected chi connectivity index (χ2v) is 9.18. The van der Waals surface area contributed by atoms with E-state index in [0.717, 1.165) is 54.7 Å². The van der Waals surface area contributed by atoms with Gasteiger partial charge in [-0.2, -0.15) is 0 Å². The molecule has 1 saturated carbocycles. The first-order valence-corrected chi connectivity index (χ1v) is 11.3. The van der Waals surface area contributed by atoms with Gasteiger partial charge >= 0.3 is 5.97 Å². The number of thiazole rings is 1. The van der Waals surface area contributed by atoms with Gasteiger partial charge in [0.15, 0.2) is 0 Å². The molecule has 1 aromatic rings. The monoisotopic (exact) mass is 408 g/mol. The molecule has 1 amide bonds. The molecular formula is C20H32N4O3S. The molecule has 28 heavy (non-hydrogen) atoms. The molecule has 2 aliphatic rings. The number of rotatable bonds is 8. The lowest BCUT2D eigenvalue weighted by molar-refractivity contribution is -0.138. The molecule has 2 fully saturated rings. The largest absolute Gasteiger partial charge is 0.481 e. The van der Waals surface area contributed by atoms with Gasteiger partial charge in [-0.05, 0) is 57.5 Å². The summed E-state index contributed by atoms with van der Waals surface area (Å²) in [5.74, 6) is 0.129. The topological polar surface area (TPSA) is 94.6 Å². The molecule has 2 heterocycles. The highest BCUT2D eigenvalue weighted by molar-refractivity contribution is 7.15. The molecular weight excluding hydrogens is 376 g/mol. The maximum atomic E-state index is 13.3. The van der Waals surface area contributed by atoms with Crippen LogP contribution in [0.15, 0.2) is 6.20 Å². The van der Waals surface area contributed by atoms with E-state index in [9.17, 15) is 9.59 Å². The van der Waals surface area contributed by atoms with E-state index in [2.05, 4.69) is 27.4 Å². The molecule has 1 aliphatic heterocycles. The van der Waals surface area contributed by atoms with Crippen molar-refractivity contribution in [2.45, 2.75) is 70.4 Å². The zero-order valence-corrected chi connectivity index (χ0v) is 17.5. The zero-order chi connectivity index (χ0) is 19.9. The van der Waals surface area contributed by atoms with Gasteiger partial charge in [-0.3, -0.25) is 9.59 Å². The Hall–Kier alpha value is -1.67. The smallest absolute Gasteiger partial charge is 0.305 e. The summed E-state index contributed by atoms with van der Waals surface area (Å²) in [6.07, 6.45) is 8.77. The highest BCUT2D eigenvalue weighted by Crippen LogP contribution is 2.31. The van der Waals surface area contributed by atoms with Gasteiger partial charge < -0.3 is 20.6 Å². The standard InChI is InChI=1S/C20H32N4O3S/c1-14-2-4-15(5-3-14)24(16-6-9-21-10-7-16)19(25)12-17-23-13-18(28-17)22-11-8-20(26)27/h13-16,21-22H,2-12H2,1H3,(H,26,27). The van der Waals surface area contributed by atoms with Gasteiger partial charge in [0.05, 0.1) is 19.0 Å². The first-order valence-electron chi connectivity index (χ1n) is 10.4. The summed E-state index contributed by atoms with van der Waals surface area (Å²) >= 11 is 1.45. The first kappa shape index (κ1) is 21.0. The predicted molar refractivity (Wildman–Crippen MR) is 111 cm³/mol. The van der Waals surface area contributed by atoms with E-state index in [1.54, 1.807) is 6.20 Å². The van der Waals surface area contributed by atoms with Crippen molar-refractivity contribution >= 4 is 28.2 Å². The third-order valence-corrected chi connectivity index (χ3v) is 6.82. The third kappa shape index (κ3) is 5.91. The van der Waals surface area contributed by atoms with Gasteiger partial charge in [0.1, 0.15) is 10.0 Å². The van der Waals surface area contributed by atoms with Crippen molar-refractivity contribution in [1.82, 2.24) is 15.2 Å². The summed E-state index contributed by atoms with van der Waals surface area (Å²) in [6.45, 7) is 4.63. The second kappa shape index (κ2) is 10.2. The van der Waals surface area contributed by atoms with Crippen LogP contribution in [0, 0.1) is 5.92 Å². The summed E-state index contributed by atoms with van der Waals surface area (Å²) in [4.78, 5) is 30.5. The van der Waals surface area contributed by atoms with Crippen LogP contribution in [-0.2, 0) is 16.0 Å². The number of aromatic nitrogens is 1. The quantitative estimate of drug-likeness (QED) is 0.612. The number of anilines is 1. The molecule has 3 rings (SSSR count). The molecule has 0 radical (unpaired) electrons. The van der Waals surface area contributed by atoms with Crippen LogP contribution in [0.2, 0.25) is 0 Å². The third-order valence-electron chi connectivity index (χ3n) is 5.86. The van der Waals surface area contributed by atoms with Gasteiger partial charge in [0.2, 0.25) is 5.91 Å². The molecule has 7 nitrogen and oxygen atoms in total. The maximum absolute atomic E-state index is 13.3. The molecule has 0 aromatic carbocycles. The number of carboxylic acid groups (broad SMARTS) is 1. The number of hydrogen-bond donors (Lipinski definition) is 3. The minimum atomic E-state index is -0.827. The molecule has 0 unspecified atom stereocenters. The summed E-state index contributed by atoms with van der Waals surface area (Å²) in [5.41, 5.74) is 0. The average molecular weight is 409 g/mol. The Morgan fingerprint density at radius 2 is 1.89 bits per heavy atom. The maximum Gasteiger partial charge on any atom is 0.305 e. The van der Waals surface area contributed by atoms with Crippen molar-refractivity contribution < 1.29 is 14.7 Å². The second-order valence-electron chi connectivity index (χ2n) is 8.06. The number of amides is 1. The highest BCUT2D eigenvalue weighted by atomic mass is 32.1. The minimum absolute atomic E-state index is 0.0652. The Labute approximate surface area is 170 Å². The van der Waals surface area contributed by atoms with Gasteiger partial charge in [-0.1, -0.05) is 6.92 Å². The summed E-state index contributed by atoms with van der Waals surface area (Å²) in [7, 11) is 0. The van der Waals surface area contributed by atoms with E-state index in [4.69, 9.17) is 5.11 Å². The van der Waals surface area contributed by atoms with Crippen molar-refractivity contribution in [1.29, 1.82) is 0 Å². The Morgan fingerprint density at radius 3 is 2.57 bits per heavy atom. The van der Waals surface area contributed by atoms with Crippen LogP contribution in [0.3, 0.4) is 0 Å². The minimum Gasteiger partial charge on any atom is -0.481 e. The van der Waals surface area contributed by atoms with Crippen LogP contribution in [0.1, 0.15) is 56.9 Å². The predicted octanol–water partition coefficient (Wildman–Crippen LogP) is 2.73. The van der Waals surface area contributed by atoms with Crippen LogP contribution < -0.4 is 10.6 Å². The number of nitrogens with one attached hydrogen (secondary N) is 2. The van der Waals surface area contributed by atoms with Crippen molar-refractivity contribution in [3.05, 3.63) is 11.2 Å². The number of carbonyl (C=O) groups excluding carboxylic acids is 1. The molecule has 1 aromatic heterocycles. The first-order chi connectivity index (χ1) is 13.5. The fourth-order valence-electron chi connectivity index (χ4n) is 4.30. The van der Waals surface area contributed by atoms with Gasteiger partial charge in [0.25, 0.3) is 0 Å². The molecule has 0 spiro atoms. The molecule has 0 bridgehead atoms. The summed E-state index contributed by atoms with van der Waals surface area (Å²) in [6, 6.07) is 0.695. The van der Waals surface area contributed by atoms with Crippen molar-refractivity contribution in [2.24, 2.45) is 5.92 Å². The van der Waals surface area contributed by atoms with E-state index in [-0.39, 0.29) is 12.3 Å². The van der Waals surface area contributed by atoms with E-state index >= 15 is 0 Å². The van der Waals surface area contributed by atoms with E-state index in [1.807, 2.05) is 0 Å². The Balaban J connectivity index is 1.62. The SMILES string of the molecule is CC1CCC(N(C(=O)Cc2ncc(NCCC(=O)O)s2)C2CCNCC2)CC1. The number of aliphatic carboxylic acids is 1. The normalized spacial score (nSPS) is 23.3. The molecule has 1 saturated heterocycles. The van der Waals surface area contributed by atoms with Crippen LogP contribution in [0.4, 0.5) is 5.00 Å². The van der Waals surface area contributed by atoms with Crippen molar-refractivity contribution in [2.75, 3.05) is 25.0 Å². The van der Waals surface area contributed by atoms with Gasteiger partial charge in [-0.25, -0.2) is 4.98 Å². The molecule has 156 valence electrons. The molecule has 1 aliphatic carbocycles. The van der Waals surface area contributed by atoms with Gasteiger partial charge in [-0.15, -0.1) is 11.3 Å². The lowest BCUT2D eigenvalue weighted by Gasteiger charge is -2.42. The van der Waals surface area contributed by atoms with Crippen LogP contribution >= 0.6 is 11.3 Å². The average Bonchev–Trinajstić information content (AvgIpc) is 3.11. The van der Waals surface area contributed by atoms with Gasteiger partial charge in [0, 0.05) is 18.6 Å². The van der Waals surface area contributed by atoms with E-state index in [1.165, 1.54) is 24.2 Å². The Morgan fingerprint density at radius 1 is 1.21 bits per heavy atom. The lowest BCUT2D eigenvalue weighted by atomic mass is 9.85. The fraction of sp³-hybridized carbons (Fsp3) is 0.750. The summed E-state index contributed by atoms with van der Waals surface area (Å²) < 4.78 is 0. The van der Waals surface area contributed by atoms with Crippen molar-refractivity contribution in [3.8, 4) is 0 Å². The number of carbonyl (C=O) groups is 2.